The summed E-state index contributed by atoms with van der Waals surface area (Å²) < 4.78 is 43.7. The molecule has 1 aromatic rings. The SMILES string of the molecule is CC(N)Cc1ccc(OC(C)C(=O)O)c(C(F)(F)F)c1. The van der Waals surface area contributed by atoms with E-state index < -0.39 is 29.6 Å². The van der Waals surface area contributed by atoms with Crippen molar-refractivity contribution >= 4 is 5.97 Å². The van der Waals surface area contributed by atoms with Gasteiger partial charge in [-0.2, -0.15) is 13.2 Å². The van der Waals surface area contributed by atoms with Crippen LogP contribution in [0.2, 0.25) is 0 Å². The Kier molecular flexibility index (Phi) is 4.99. The van der Waals surface area contributed by atoms with Crippen molar-refractivity contribution in [3.63, 3.8) is 0 Å². The van der Waals surface area contributed by atoms with Crippen LogP contribution in [0.4, 0.5) is 13.2 Å². The number of aliphatic carboxylic acids is 1. The number of nitrogens with two attached hydrogens (primary N) is 1. The summed E-state index contributed by atoms with van der Waals surface area (Å²) in [6, 6.07) is 3.23. The van der Waals surface area contributed by atoms with E-state index in [1.807, 2.05) is 0 Å². The Labute approximate surface area is 114 Å². The topological polar surface area (TPSA) is 72.5 Å². The van der Waals surface area contributed by atoms with Crippen LogP contribution >= 0.6 is 0 Å². The van der Waals surface area contributed by atoms with E-state index in [2.05, 4.69) is 0 Å². The van der Waals surface area contributed by atoms with Gasteiger partial charge >= 0.3 is 12.1 Å². The Morgan fingerprint density at radius 1 is 1.40 bits per heavy atom. The van der Waals surface area contributed by atoms with E-state index in [1.54, 1.807) is 6.92 Å². The van der Waals surface area contributed by atoms with Gasteiger partial charge in [-0.15, -0.1) is 0 Å². The van der Waals surface area contributed by atoms with Gasteiger partial charge < -0.3 is 15.6 Å². The largest absolute Gasteiger partial charge is 0.479 e. The van der Waals surface area contributed by atoms with E-state index in [0.29, 0.717) is 5.56 Å². The molecular weight excluding hydrogens is 275 g/mol. The monoisotopic (exact) mass is 291 g/mol. The summed E-state index contributed by atoms with van der Waals surface area (Å²) in [4.78, 5) is 10.7. The van der Waals surface area contributed by atoms with Crippen LogP contribution in [0.1, 0.15) is 25.0 Å². The molecule has 0 aromatic heterocycles. The van der Waals surface area contributed by atoms with Gasteiger partial charge in [-0.25, -0.2) is 4.79 Å². The maximum absolute atomic E-state index is 13.0. The molecule has 1 aromatic carbocycles. The van der Waals surface area contributed by atoms with E-state index in [0.717, 1.165) is 12.1 Å². The highest BCUT2D eigenvalue weighted by Gasteiger charge is 2.35. The molecular formula is C13H16F3NO3. The third-order valence-corrected chi connectivity index (χ3v) is 2.56. The zero-order valence-electron chi connectivity index (χ0n) is 11.1. The first-order valence-electron chi connectivity index (χ1n) is 5.96. The van der Waals surface area contributed by atoms with E-state index in [4.69, 9.17) is 15.6 Å². The summed E-state index contributed by atoms with van der Waals surface area (Å²) in [7, 11) is 0. The Morgan fingerprint density at radius 2 is 2.00 bits per heavy atom. The van der Waals surface area contributed by atoms with Gasteiger partial charge in [0.15, 0.2) is 6.10 Å². The van der Waals surface area contributed by atoms with Gasteiger partial charge in [-0.3, -0.25) is 0 Å². The lowest BCUT2D eigenvalue weighted by Gasteiger charge is -2.18. The van der Waals surface area contributed by atoms with Crippen LogP contribution < -0.4 is 10.5 Å². The first kappa shape index (κ1) is 16.3. The minimum atomic E-state index is -4.62. The fraction of sp³-hybridized carbons (Fsp3) is 0.462. The van der Waals surface area contributed by atoms with Crippen molar-refractivity contribution in [1.29, 1.82) is 0 Å². The summed E-state index contributed by atoms with van der Waals surface area (Å²) in [5, 5.41) is 8.69. The smallest absolute Gasteiger partial charge is 0.419 e. The number of hydrogen-bond acceptors (Lipinski definition) is 3. The Hall–Kier alpha value is -1.76. The van der Waals surface area contributed by atoms with Crippen LogP contribution in [0.5, 0.6) is 5.75 Å². The number of carboxylic acids is 1. The van der Waals surface area contributed by atoms with Crippen molar-refractivity contribution in [2.24, 2.45) is 5.73 Å². The van der Waals surface area contributed by atoms with Crippen molar-refractivity contribution in [1.82, 2.24) is 0 Å². The molecule has 1 rings (SSSR count). The predicted octanol–water partition coefficient (Wildman–Crippen LogP) is 2.45. The molecule has 0 heterocycles. The molecule has 0 fully saturated rings. The summed E-state index contributed by atoms with van der Waals surface area (Å²) in [6.07, 6.45) is -5.70. The molecule has 0 saturated carbocycles. The van der Waals surface area contributed by atoms with E-state index in [-0.39, 0.29) is 12.5 Å². The van der Waals surface area contributed by atoms with Gasteiger partial charge in [0, 0.05) is 6.04 Å². The molecule has 0 saturated heterocycles. The van der Waals surface area contributed by atoms with Crippen molar-refractivity contribution in [3.8, 4) is 5.75 Å². The van der Waals surface area contributed by atoms with Crippen LogP contribution in [0.15, 0.2) is 18.2 Å². The van der Waals surface area contributed by atoms with E-state index >= 15 is 0 Å². The average molecular weight is 291 g/mol. The molecule has 0 spiro atoms. The van der Waals surface area contributed by atoms with Crippen molar-refractivity contribution in [3.05, 3.63) is 29.3 Å². The van der Waals surface area contributed by atoms with Crippen LogP contribution in [0, 0.1) is 0 Å². The fourth-order valence-corrected chi connectivity index (χ4v) is 1.64. The standard InChI is InChI=1S/C13H16F3NO3/c1-7(17)5-9-3-4-11(20-8(2)12(18)19)10(6-9)13(14,15)16/h3-4,6-8H,5,17H2,1-2H3,(H,18,19). The van der Waals surface area contributed by atoms with Crippen LogP contribution in [-0.2, 0) is 17.4 Å². The number of halogens is 3. The molecule has 112 valence electrons. The zero-order chi connectivity index (χ0) is 15.5. The zero-order valence-corrected chi connectivity index (χ0v) is 11.1. The van der Waals surface area contributed by atoms with Crippen molar-refractivity contribution in [2.45, 2.75) is 38.6 Å². The first-order chi connectivity index (χ1) is 9.11. The number of rotatable bonds is 5. The highest BCUT2D eigenvalue weighted by Crippen LogP contribution is 2.37. The highest BCUT2D eigenvalue weighted by atomic mass is 19.4. The van der Waals surface area contributed by atoms with E-state index in [1.165, 1.54) is 13.0 Å². The van der Waals surface area contributed by atoms with Crippen molar-refractivity contribution < 1.29 is 27.8 Å². The lowest BCUT2D eigenvalue weighted by Crippen LogP contribution is -2.24. The first-order valence-corrected chi connectivity index (χ1v) is 5.96. The molecule has 0 aliphatic rings. The molecule has 7 heteroatoms. The molecule has 0 aliphatic heterocycles. The average Bonchev–Trinajstić information content (AvgIpc) is 2.28. The third-order valence-electron chi connectivity index (χ3n) is 2.56. The highest BCUT2D eigenvalue weighted by molar-refractivity contribution is 5.72. The fourth-order valence-electron chi connectivity index (χ4n) is 1.64. The summed E-state index contributed by atoms with van der Waals surface area (Å²) in [6.45, 7) is 2.85. The molecule has 3 N–H and O–H groups in total. The summed E-state index contributed by atoms with van der Waals surface area (Å²) in [5.74, 6) is -1.83. The molecule has 0 aliphatic carbocycles. The molecule has 20 heavy (non-hydrogen) atoms. The minimum absolute atomic E-state index is 0.277. The number of carbonyl (C=O) groups is 1. The van der Waals surface area contributed by atoms with Crippen LogP contribution in [-0.4, -0.2) is 23.2 Å². The Morgan fingerprint density at radius 3 is 2.45 bits per heavy atom. The third kappa shape index (κ3) is 4.41. The van der Waals surface area contributed by atoms with Crippen molar-refractivity contribution in [2.75, 3.05) is 0 Å². The molecule has 2 unspecified atom stereocenters. The lowest BCUT2D eigenvalue weighted by molar-refractivity contribution is -0.147. The number of benzene rings is 1. The Balaban J connectivity index is 3.14. The second-order valence-corrected chi connectivity index (χ2v) is 4.61. The minimum Gasteiger partial charge on any atom is -0.479 e. The van der Waals surface area contributed by atoms with Gasteiger partial charge in [0.2, 0.25) is 0 Å². The van der Waals surface area contributed by atoms with Gasteiger partial charge in [0.25, 0.3) is 0 Å². The quantitative estimate of drug-likeness (QED) is 0.874. The van der Waals surface area contributed by atoms with Crippen LogP contribution in [0.25, 0.3) is 0 Å². The van der Waals surface area contributed by atoms with E-state index in [9.17, 15) is 18.0 Å². The lowest BCUT2D eigenvalue weighted by atomic mass is 10.0. The normalized spacial score (nSPS) is 14.7. The number of alkyl halides is 3. The predicted molar refractivity (Wildman–Crippen MR) is 66.5 cm³/mol. The molecule has 0 amide bonds. The Bertz CT molecular complexity index is 486. The molecule has 0 bridgehead atoms. The number of hydrogen-bond donors (Lipinski definition) is 2. The molecule has 0 radical (unpaired) electrons. The maximum atomic E-state index is 13.0. The van der Waals surface area contributed by atoms with Gasteiger partial charge in [0.05, 0.1) is 5.56 Å². The molecule has 4 nitrogen and oxygen atoms in total. The number of carboxylic acid groups (broad SMARTS) is 1. The van der Waals surface area contributed by atoms with Gasteiger partial charge in [-0.05, 0) is 38.0 Å². The van der Waals surface area contributed by atoms with Gasteiger partial charge in [-0.1, -0.05) is 6.07 Å². The van der Waals surface area contributed by atoms with Gasteiger partial charge in [0.1, 0.15) is 5.75 Å². The second-order valence-electron chi connectivity index (χ2n) is 4.61. The van der Waals surface area contributed by atoms with Crippen LogP contribution in [0.3, 0.4) is 0 Å². The maximum Gasteiger partial charge on any atom is 0.419 e. The number of ether oxygens (including phenoxy) is 1. The second kappa shape index (κ2) is 6.13. The molecule has 2 atom stereocenters. The summed E-state index contributed by atoms with van der Waals surface area (Å²) in [5.41, 5.74) is 4.97. The summed E-state index contributed by atoms with van der Waals surface area (Å²) >= 11 is 0.